The highest BCUT2D eigenvalue weighted by Gasteiger charge is 2.30. The zero-order valence-electron chi connectivity index (χ0n) is 18.1. The molecule has 1 aliphatic rings. The lowest BCUT2D eigenvalue weighted by atomic mass is 10.0. The Morgan fingerprint density at radius 1 is 1.30 bits per heavy atom. The molecule has 1 saturated heterocycles. The van der Waals surface area contributed by atoms with Crippen molar-refractivity contribution in [2.75, 3.05) is 24.6 Å². The number of aromatic nitrogens is 2. The minimum atomic E-state index is -4.02. The zero-order valence-corrected chi connectivity index (χ0v) is 20.5. The predicted octanol–water partition coefficient (Wildman–Crippen LogP) is 1.51. The van der Waals surface area contributed by atoms with Gasteiger partial charge in [0.2, 0.25) is 20.0 Å². The minimum absolute atomic E-state index is 0.0630. The SMILES string of the molecule is CCS(=O)(=O)N1CCCC(CS(=O)(=O)NNC(=O)c2cc(-c3cn(C)cn3)cc(Cl)c2F)C1. The topological polar surface area (TPSA) is 130 Å². The summed E-state index contributed by atoms with van der Waals surface area (Å²) in [5, 5.41) is -0.314. The number of hydrogen-bond acceptors (Lipinski definition) is 6. The molecule has 1 atom stereocenters. The van der Waals surface area contributed by atoms with Crippen LogP contribution in [0.1, 0.15) is 30.1 Å². The van der Waals surface area contributed by atoms with Crippen LogP contribution in [-0.2, 0) is 27.1 Å². The van der Waals surface area contributed by atoms with Gasteiger partial charge >= 0.3 is 0 Å². The van der Waals surface area contributed by atoms with Crippen molar-refractivity contribution in [2.24, 2.45) is 13.0 Å². The maximum absolute atomic E-state index is 14.5. The number of benzene rings is 1. The first-order valence-corrected chi connectivity index (χ1v) is 13.8. The van der Waals surface area contributed by atoms with E-state index in [0.29, 0.717) is 30.6 Å². The lowest BCUT2D eigenvalue weighted by Gasteiger charge is -2.31. The first kappa shape index (κ1) is 25.6. The van der Waals surface area contributed by atoms with E-state index in [-0.39, 0.29) is 23.1 Å². The molecule has 2 heterocycles. The number of hydrazine groups is 1. The van der Waals surface area contributed by atoms with E-state index in [4.69, 9.17) is 11.6 Å². The summed E-state index contributed by atoms with van der Waals surface area (Å²) in [6.45, 7) is 1.96. The molecule has 0 saturated carbocycles. The van der Waals surface area contributed by atoms with Crippen molar-refractivity contribution in [3.8, 4) is 11.3 Å². The number of carbonyl (C=O) groups excluding carboxylic acids is 1. The molecular formula is C19H25ClFN5O5S2. The van der Waals surface area contributed by atoms with Crippen LogP contribution in [0.25, 0.3) is 11.3 Å². The molecule has 1 amide bonds. The molecule has 1 aliphatic heterocycles. The lowest BCUT2D eigenvalue weighted by Crippen LogP contribution is -2.47. The van der Waals surface area contributed by atoms with Gasteiger partial charge in [0.25, 0.3) is 5.91 Å². The highest BCUT2D eigenvalue weighted by Crippen LogP contribution is 2.27. The van der Waals surface area contributed by atoms with E-state index in [9.17, 15) is 26.0 Å². The van der Waals surface area contributed by atoms with Crippen LogP contribution in [-0.4, -0.2) is 61.2 Å². The smallest absolute Gasteiger partial charge is 0.269 e. The molecule has 0 spiro atoms. The van der Waals surface area contributed by atoms with Gasteiger partial charge in [-0.05, 0) is 37.8 Å². The maximum atomic E-state index is 14.5. The van der Waals surface area contributed by atoms with E-state index < -0.39 is 43.3 Å². The van der Waals surface area contributed by atoms with Crippen molar-refractivity contribution < 1.29 is 26.0 Å². The fourth-order valence-corrected chi connectivity index (χ4v) is 6.26. The Labute approximate surface area is 197 Å². The van der Waals surface area contributed by atoms with E-state index in [1.165, 1.54) is 29.7 Å². The predicted molar refractivity (Wildman–Crippen MR) is 122 cm³/mol. The molecule has 1 aromatic heterocycles. The molecule has 3 rings (SSSR count). The Hall–Kier alpha value is -2.06. The molecule has 10 nitrogen and oxygen atoms in total. The van der Waals surface area contributed by atoms with Crippen LogP contribution >= 0.6 is 11.6 Å². The van der Waals surface area contributed by atoms with Gasteiger partial charge in [0.05, 0.1) is 34.1 Å². The van der Waals surface area contributed by atoms with Crippen molar-refractivity contribution in [3.05, 3.63) is 41.1 Å². The second-order valence-electron chi connectivity index (χ2n) is 7.85. The van der Waals surface area contributed by atoms with E-state index in [2.05, 4.69) is 4.98 Å². The number of nitrogens with one attached hydrogen (secondary N) is 2. The number of rotatable bonds is 8. The number of imidazole rings is 1. The van der Waals surface area contributed by atoms with Gasteiger partial charge in [0, 0.05) is 31.9 Å². The standard InChI is InChI=1S/C19H25ClFN5O5S2/c1-3-33(30,31)26-6-4-5-13(9-26)11-32(28,29)24-23-19(27)15-7-14(8-16(20)18(15)21)17-10-25(2)12-22-17/h7-8,10,12-13,24H,3-6,9,11H2,1-2H3,(H,23,27). The van der Waals surface area contributed by atoms with Crippen LogP contribution in [0.2, 0.25) is 5.02 Å². The number of piperidine rings is 1. The van der Waals surface area contributed by atoms with Crippen LogP contribution in [0.4, 0.5) is 4.39 Å². The number of amides is 1. The van der Waals surface area contributed by atoms with Crippen LogP contribution in [0.3, 0.4) is 0 Å². The van der Waals surface area contributed by atoms with E-state index in [1.54, 1.807) is 17.8 Å². The van der Waals surface area contributed by atoms with Gasteiger partial charge in [-0.2, -0.15) is 0 Å². The van der Waals surface area contributed by atoms with Crippen molar-refractivity contribution in [3.63, 3.8) is 0 Å². The Morgan fingerprint density at radius 2 is 2.03 bits per heavy atom. The molecule has 2 aromatic rings. The Balaban J connectivity index is 1.68. The summed E-state index contributed by atoms with van der Waals surface area (Å²) in [4.78, 5) is 18.6. The zero-order chi connectivity index (χ0) is 24.4. The van der Waals surface area contributed by atoms with Crippen LogP contribution in [0.5, 0.6) is 0 Å². The Morgan fingerprint density at radius 3 is 2.67 bits per heavy atom. The van der Waals surface area contributed by atoms with Gasteiger partial charge in [-0.15, -0.1) is 4.83 Å². The van der Waals surface area contributed by atoms with Crippen molar-refractivity contribution in [1.82, 2.24) is 24.1 Å². The average Bonchev–Trinajstić information content (AvgIpc) is 3.20. The number of nitrogens with zero attached hydrogens (tertiary/aromatic N) is 3. The summed E-state index contributed by atoms with van der Waals surface area (Å²) >= 11 is 5.92. The molecule has 2 N–H and O–H groups in total. The van der Waals surface area contributed by atoms with Crippen molar-refractivity contribution >= 4 is 37.6 Å². The molecule has 1 fully saturated rings. The molecule has 182 valence electrons. The molecule has 1 unspecified atom stereocenters. The lowest BCUT2D eigenvalue weighted by molar-refractivity contribution is 0.0941. The van der Waals surface area contributed by atoms with Gasteiger partial charge in [-0.25, -0.2) is 30.5 Å². The van der Waals surface area contributed by atoms with E-state index in [0.717, 1.165) is 0 Å². The molecule has 0 bridgehead atoms. The first-order valence-electron chi connectivity index (χ1n) is 10.2. The number of hydrogen-bond donors (Lipinski definition) is 2. The van der Waals surface area contributed by atoms with Crippen LogP contribution in [0.15, 0.2) is 24.7 Å². The fraction of sp³-hybridized carbons (Fsp3) is 0.474. The van der Waals surface area contributed by atoms with Crippen molar-refractivity contribution in [1.29, 1.82) is 0 Å². The second-order valence-corrected chi connectivity index (χ2v) is 12.3. The van der Waals surface area contributed by atoms with E-state index >= 15 is 0 Å². The normalized spacial score (nSPS) is 17.8. The summed E-state index contributed by atoms with van der Waals surface area (Å²) in [7, 11) is -5.69. The first-order chi connectivity index (χ1) is 15.4. The van der Waals surface area contributed by atoms with Gasteiger partial charge in [-0.1, -0.05) is 11.6 Å². The summed E-state index contributed by atoms with van der Waals surface area (Å²) in [6.07, 6.45) is 4.25. The monoisotopic (exact) mass is 521 g/mol. The largest absolute Gasteiger partial charge is 0.340 e. The second kappa shape index (κ2) is 10.1. The van der Waals surface area contributed by atoms with Gasteiger partial charge in [-0.3, -0.25) is 10.2 Å². The number of halogens is 2. The summed E-state index contributed by atoms with van der Waals surface area (Å²) in [5.74, 6) is -2.92. The number of aryl methyl sites for hydroxylation is 1. The average molecular weight is 522 g/mol. The molecule has 0 aliphatic carbocycles. The summed E-state index contributed by atoms with van der Waals surface area (Å²) < 4.78 is 66.5. The van der Waals surface area contributed by atoms with Crippen LogP contribution < -0.4 is 10.3 Å². The Bertz CT molecular complexity index is 1250. The third-order valence-corrected chi connectivity index (χ3v) is 8.73. The third kappa shape index (κ3) is 6.29. The summed E-state index contributed by atoms with van der Waals surface area (Å²) in [5.41, 5.74) is 2.39. The highest BCUT2D eigenvalue weighted by atomic mass is 35.5. The maximum Gasteiger partial charge on any atom is 0.269 e. The van der Waals surface area contributed by atoms with Gasteiger partial charge in [0.1, 0.15) is 0 Å². The number of carbonyl (C=O) groups is 1. The Kier molecular flexibility index (Phi) is 7.79. The highest BCUT2D eigenvalue weighted by molar-refractivity contribution is 7.89. The molecule has 33 heavy (non-hydrogen) atoms. The van der Waals surface area contributed by atoms with E-state index in [1.807, 2.05) is 10.3 Å². The van der Waals surface area contributed by atoms with Crippen LogP contribution in [0, 0.1) is 11.7 Å². The fourth-order valence-electron chi connectivity index (χ4n) is 3.61. The third-order valence-electron chi connectivity index (χ3n) is 5.29. The quantitative estimate of drug-likeness (QED) is 0.506. The molecular weight excluding hydrogens is 497 g/mol. The summed E-state index contributed by atoms with van der Waals surface area (Å²) in [6, 6.07) is 2.54. The number of sulfonamides is 2. The van der Waals surface area contributed by atoms with Gasteiger partial charge in [0.15, 0.2) is 5.82 Å². The molecule has 0 radical (unpaired) electrons. The molecule has 1 aromatic carbocycles. The minimum Gasteiger partial charge on any atom is -0.340 e. The van der Waals surface area contributed by atoms with Crippen molar-refractivity contribution in [2.45, 2.75) is 19.8 Å². The van der Waals surface area contributed by atoms with Gasteiger partial charge < -0.3 is 4.57 Å². The molecule has 14 heteroatoms.